The zero-order valence-corrected chi connectivity index (χ0v) is 10.2. The summed E-state index contributed by atoms with van der Waals surface area (Å²) in [5, 5.41) is 2.96. The van der Waals surface area contributed by atoms with Gasteiger partial charge in [-0.2, -0.15) is 0 Å². The fourth-order valence-corrected chi connectivity index (χ4v) is 1.44. The number of methoxy groups -OCH3 is 1. The summed E-state index contributed by atoms with van der Waals surface area (Å²) in [6.45, 7) is 5.90. The van der Waals surface area contributed by atoms with Crippen molar-refractivity contribution in [3.63, 3.8) is 0 Å². The van der Waals surface area contributed by atoms with Gasteiger partial charge in [-0.25, -0.2) is 0 Å². The van der Waals surface area contributed by atoms with Gasteiger partial charge in [0.2, 0.25) is 0 Å². The monoisotopic (exact) mass is 229 g/mol. The average molecular weight is 229 g/mol. The van der Waals surface area contributed by atoms with Crippen molar-refractivity contribution >= 4 is 11.9 Å². The van der Waals surface area contributed by atoms with Gasteiger partial charge in [0, 0.05) is 13.0 Å². The van der Waals surface area contributed by atoms with E-state index in [1.807, 2.05) is 0 Å². The molecule has 0 saturated carbocycles. The number of esters is 2. The molecule has 0 aromatic rings. The van der Waals surface area contributed by atoms with Crippen molar-refractivity contribution in [2.75, 3.05) is 13.7 Å². The third-order valence-corrected chi connectivity index (χ3v) is 2.46. The normalized spacial score (nSPS) is 25.2. The molecular formula is C11H19NO4. The molecule has 0 spiro atoms. The van der Waals surface area contributed by atoms with Crippen LogP contribution in [0.5, 0.6) is 0 Å². The Kier molecular flexibility index (Phi) is 3.91. The van der Waals surface area contributed by atoms with Crippen molar-refractivity contribution in [2.45, 2.75) is 39.3 Å². The van der Waals surface area contributed by atoms with Gasteiger partial charge in [0.1, 0.15) is 12.1 Å². The van der Waals surface area contributed by atoms with Crippen molar-refractivity contribution < 1.29 is 19.1 Å². The molecule has 0 amide bonds. The van der Waals surface area contributed by atoms with Crippen LogP contribution < -0.4 is 5.32 Å². The van der Waals surface area contributed by atoms with Gasteiger partial charge in [0.15, 0.2) is 0 Å². The lowest BCUT2D eigenvalue weighted by molar-refractivity contribution is -0.158. The highest BCUT2D eigenvalue weighted by Gasteiger charge is 2.34. The molecule has 5 nitrogen and oxygen atoms in total. The van der Waals surface area contributed by atoms with E-state index in [0.29, 0.717) is 13.0 Å². The van der Waals surface area contributed by atoms with Crippen molar-refractivity contribution in [3.05, 3.63) is 0 Å². The zero-order valence-electron chi connectivity index (χ0n) is 10.2. The number of carbonyl (C=O) groups is 2. The Morgan fingerprint density at radius 3 is 2.44 bits per heavy atom. The lowest BCUT2D eigenvalue weighted by Gasteiger charge is -2.19. The van der Waals surface area contributed by atoms with Crippen molar-refractivity contribution in [1.29, 1.82) is 0 Å². The predicted octanol–water partition coefficient (Wildman–Crippen LogP) is 0.479. The molecule has 1 aliphatic heterocycles. The lowest BCUT2D eigenvalue weighted by atomic mass is 9.97. The van der Waals surface area contributed by atoms with Crippen LogP contribution in [0.4, 0.5) is 0 Å². The van der Waals surface area contributed by atoms with Crippen LogP contribution in [-0.4, -0.2) is 37.7 Å². The van der Waals surface area contributed by atoms with Gasteiger partial charge < -0.3 is 14.8 Å². The Balaban J connectivity index is 2.43. The number of hydrogen-bond acceptors (Lipinski definition) is 5. The Morgan fingerprint density at radius 1 is 1.31 bits per heavy atom. The minimum atomic E-state index is -0.511. The maximum atomic E-state index is 11.6. The van der Waals surface area contributed by atoms with Crippen LogP contribution in [0.25, 0.3) is 0 Å². The van der Waals surface area contributed by atoms with E-state index in [0.717, 1.165) is 0 Å². The second-order valence-corrected chi connectivity index (χ2v) is 5.00. The van der Waals surface area contributed by atoms with Gasteiger partial charge >= 0.3 is 11.9 Å². The van der Waals surface area contributed by atoms with Crippen molar-refractivity contribution in [1.82, 2.24) is 5.32 Å². The van der Waals surface area contributed by atoms with Crippen LogP contribution in [-0.2, 0) is 19.1 Å². The number of ether oxygens (including phenoxy) is 2. The summed E-state index contributed by atoms with van der Waals surface area (Å²) in [5.74, 6) is -0.556. The van der Waals surface area contributed by atoms with Gasteiger partial charge in [0.25, 0.3) is 0 Å². The van der Waals surface area contributed by atoms with Crippen molar-refractivity contribution in [3.8, 4) is 0 Å². The van der Waals surface area contributed by atoms with Crippen molar-refractivity contribution in [2.24, 2.45) is 5.41 Å². The highest BCUT2D eigenvalue weighted by Crippen LogP contribution is 2.19. The Hall–Kier alpha value is -1.10. The second kappa shape index (κ2) is 4.82. The number of nitrogens with one attached hydrogen (secondary N) is 1. The molecule has 1 N–H and O–H groups in total. The van der Waals surface area contributed by atoms with Crippen LogP contribution in [0.1, 0.15) is 27.2 Å². The first kappa shape index (κ1) is 13.0. The molecule has 1 saturated heterocycles. The number of hydrogen-bond donors (Lipinski definition) is 1. The molecule has 1 heterocycles. The Bertz CT molecular complexity index is 282. The molecular weight excluding hydrogens is 210 g/mol. The van der Waals surface area contributed by atoms with Crippen LogP contribution in [0, 0.1) is 5.41 Å². The maximum absolute atomic E-state index is 11.6. The summed E-state index contributed by atoms with van der Waals surface area (Å²) in [6, 6.07) is -0.359. The molecule has 2 atom stereocenters. The molecule has 5 heteroatoms. The van der Waals surface area contributed by atoms with Crippen LogP contribution in [0.15, 0.2) is 0 Å². The molecule has 1 aliphatic rings. The smallest absolute Gasteiger partial charge is 0.323 e. The average Bonchev–Trinajstić information content (AvgIpc) is 2.63. The first-order valence-corrected chi connectivity index (χ1v) is 5.37. The van der Waals surface area contributed by atoms with E-state index < -0.39 is 5.41 Å². The third-order valence-electron chi connectivity index (χ3n) is 2.46. The van der Waals surface area contributed by atoms with E-state index in [2.05, 4.69) is 10.1 Å². The zero-order chi connectivity index (χ0) is 12.3. The third kappa shape index (κ3) is 3.20. The van der Waals surface area contributed by atoms with Gasteiger partial charge in [-0.15, -0.1) is 0 Å². The molecule has 1 rings (SSSR count). The summed E-state index contributed by atoms with van der Waals surface area (Å²) in [4.78, 5) is 22.8. The summed E-state index contributed by atoms with van der Waals surface area (Å²) in [7, 11) is 1.35. The maximum Gasteiger partial charge on any atom is 0.323 e. The SMILES string of the molecule is COC(=O)[C@@H]1CC(OC(=O)C(C)(C)C)CN1. The molecule has 92 valence electrons. The fraction of sp³-hybridized carbons (Fsp3) is 0.818. The quantitative estimate of drug-likeness (QED) is 0.698. The van der Waals surface area contributed by atoms with Gasteiger partial charge in [-0.3, -0.25) is 9.59 Å². The molecule has 0 aliphatic carbocycles. The number of rotatable bonds is 2. The van der Waals surface area contributed by atoms with Gasteiger partial charge in [-0.1, -0.05) is 0 Å². The second-order valence-electron chi connectivity index (χ2n) is 5.00. The fourth-order valence-electron chi connectivity index (χ4n) is 1.44. The summed E-state index contributed by atoms with van der Waals surface area (Å²) in [5.41, 5.74) is -0.511. The molecule has 0 aromatic carbocycles. The van der Waals surface area contributed by atoms with Gasteiger partial charge in [-0.05, 0) is 20.8 Å². The molecule has 16 heavy (non-hydrogen) atoms. The standard InChI is InChI=1S/C11H19NO4/c1-11(2,3)10(14)16-7-5-8(12-6-7)9(13)15-4/h7-8,12H,5-6H2,1-4H3/t7?,8-/m0/s1. The van der Waals surface area contributed by atoms with Gasteiger partial charge in [0.05, 0.1) is 12.5 Å². The van der Waals surface area contributed by atoms with E-state index >= 15 is 0 Å². The first-order chi connectivity index (χ1) is 7.34. The lowest BCUT2D eigenvalue weighted by Crippen LogP contribution is -2.31. The van der Waals surface area contributed by atoms with E-state index in [4.69, 9.17) is 4.74 Å². The van der Waals surface area contributed by atoms with E-state index in [1.165, 1.54) is 7.11 Å². The molecule has 1 fully saturated rings. The molecule has 0 bridgehead atoms. The highest BCUT2D eigenvalue weighted by atomic mass is 16.5. The number of carbonyl (C=O) groups excluding carboxylic acids is 2. The Labute approximate surface area is 95.5 Å². The van der Waals surface area contributed by atoms with E-state index in [9.17, 15) is 9.59 Å². The highest BCUT2D eigenvalue weighted by molar-refractivity contribution is 5.77. The van der Waals surface area contributed by atoms with Crippen LogP contribution in [0.3, 0.4) is 0 Å². The minimum absolute atomic E-state index is 0.240. The summed E-state index contributed by atoms with van der Waals surface area (Å²) in [6.07, 6.45) is 0.241. The summed E-state index contributed by atoms with van der Waals surface area (Å²) >= 11 is 0. The minimum Gasteiger partial charge on any atom is -0.468 e. The van der Waals surface area contributed by atoms with Crippen LogP contribution >= 0.6 is 0 Å². The van der Waals surface area contributed by atoms with Crippen LogP contribution in [0.2, 0.25) is 0 Å². The molecule has 0 aromatic heterocycles. The first-order valence-electron chi connectivity index (χ1n) is 5.37. The van der Waals surface area contributed by atoms with E-state index in [-0.39, 0.29) is 24.1 Å². The predicted molar refractivity (Wildman–Crippen MR) is 57.8 cm³/mol. The summed E-state index contributed by atoms with van der Waals surface area (Å²) < 4.78 is 9.90. The topological polar surface area (TPSA) is 64.6 Å². The molecule has 1 unspecified atom stereocenters. The Morgan fingerprint density at radius 2 is 1.94 bits per heavy atom. The van der Waals surface area contributed by atoms with E-state index in [1.54, 1.807) is 20.8 Å². The molecule has 0 radical (unpaired) electrons. The largest absolute Gasteiger partial charge is 0.468 e.